The standard InChI is InChI=1S/C13H26N4/c1-6-7-17-12(15-10-16-17)8-11(9-14-5)13(2,3)4/h10-11,14H,6-9H2,1-5H3. The van der Waals surface area contributed by atoms with Gasteiger partial charge in [0.25, 0.3) is 0 Å². The van der Waals surface area contributed by atoms with Crippen LogP contribution in [0, 0.1) is 11.3 Å². The Labute approximate surface area is 105 Å². The maximum absolute atomic E-state index is 4.39. The molecule has 0 aliphatic rings. The molecule has 0 aliphatic carbocycles. The molecule has 0 aliphatic heterocycles. The Morgan fingerprint density at radius 3 is 2.65 bits per heavy atom. The Balaban J connectivity index is 2.75. The normalized spacial score (nSPS) is 13.9. The maximum Gasteiger partial charge on any atom is 0.138 e. The molecule has 1 rings (SSSR count). The molecule has 0 saturated heterocycles. The van der Waals surface area contributed by atoms with Gasteiger partial charge in [0.15, 0.2) is 0 Å². The Morgan fingerprint density at radius 2 is 2.12 bits per heavy atom. The summed E-state index contributed by atoms with van der Waals surface area (Å²) >= 11 is 0. The van der Waals surface area contributed by atoms with Gasteiger partial charge in [-0.15, -0.1) is 0 Å². The molecule has 1 unspecified atom stereocenters. The zero-order valence-electron chi connectivity index (χ0n) is 11.8. The van der Waals surface area contributed by atoms with Crippen molar-refractivity contribution in [1.82, 2.24) is 20.1 Å². The SMILES string of the molecule is CCCn1ncnc1CC(CNC)C(C)(C)C. The number of nitrogens with zero attached hydrogens (tertiary/aromatic N) is 3. The van der Waals surface area contributed by atoms with Gasteiger partial charge in [-0.2, -0.15) is 5.10 Å². The number of rotatable bonds is 6. The molecule has 1 N–H and O–H groups in total. The number of hydrogen-bond acceptors (Lipinski definition) is 3. The van der Waals surface area contributed by atoms with Gasteiger partial charge in [-0.3, -0.25) is 4.68 Å². The molecule has 0 fully saturated rings. The molecule has 0 amide bonds. The third kappa shape index (κ3) is 4.11. The summed E-state index contributed by atoms with van der Waals surface area (Å²) in [6, 6.07) is 0. The second-order valence-corrected chi connectivity index (χ2v) is 5.72. The van der Waals surface area contributed by atoms with Crippen molar-refractivity contribution in [3.63, 3.8) is 0 Å². The smallest absolute Gasteiger partial charge is 0.138 e. The quantitative estimate of drug-likeness (QED) is 0.825. The summed E-state index contributed by atoms with van der Waals surface area (Å²) in [6.07, 6.45) is 3.76. The second kappa shape index (κ2) is 6.15. The van der Waals surface area contributed by atoms with Crippen molar-refractivity contribution in [2.24, 2.45) is 11.3 Å². The number of hydrogen-bond donors (Lipinski definition) is 1. The minimum Gasteiger partial charge on any atom is -0.319 e. The Hall–Kier alpha value is -0.900. The van der Waals surface area contributed by atoms with Gasteiger partial charge in [-0.25, -0.2) is 4.98 Å². The van der Waals surface area contributed by atoms with Crippen molar-refractivity contribution in [3.05, 3.63) is 12.2 Å². The van der Waals surface area contributed by atoms with Crippen LogP contribution in [0.2, 0.25) is 0 Å². The first-order valence-corrected chi connectivity index (χ1v) is 6.50. The van der Waals surface area contributed by atoms with Crippen LogP contribution in [0.5, 0.6) is 0 Å². The van der Waals surface area contributed by atoms with E-state index in [-0.39, 0.29) is 5.41 Å². The summed E-state index contributed by atoms with van der Waals surface area (Å²) < 4.78 is 2.04. The largest absolute Gasteiger partial charge is 0.319 e. The van der Waals surface area contributed by atoms with E-state index >= 15 is 0 Å². The molecular formula is C13H26N4. The van der Waals surface area contributed by atoms with Gasteiger partial charge in [0, 0.05) is 13.0 Å². The average molecular weight is 238 g/mol. The molecule has 1 atom stereocenters. The maximum atomic E-state index is 4.39. The van der Waals surface area contributed by atoms with Crippen molar-refractivity contribution < 1.29 is 0 Å². The molecule has 1 aromatic heterocycles. The van der Waals surface area contributed by atoms with Crippen LogP contribution >= 0.6 is 0 Å². The molecule has 0 radical (unpaired) electrons. The van der Waals surface area contributed by atoms with Crippen LogP contribution in [0.25, 0.3) is 0 Å². The van der Waals surface area contributed by atoms with Gasteiger partial charge in [-0.05, 0) is 31.3 Å². The first-order chi connectivity index (χ1) is 7.99. The lowest BCUT2D eigenvalue weighted by Crippen LogP contribution is -2.32. The van der Waals surface area contributed by atoms with Crippen LogP contribution in [-0.2, 0) is 13.0 Å². The second-order valence-electron chi connectivity index (χ2n) is 5.72. The highest BCUT2D eigenvalue weighted by Gasteiger charge is 2.25. The van der Waals surface area contributed by atoms with Crippen molar-refractivity contribution in [2.75, 3.05) is 13.6 Å². The molecule has 0 saturated carbocycles. The first-order valence-electron chi connectivity index (χ1n) is 6.50. The van der Waals surface area contributed by atoms with Gasteiger partial charge in [0.2, 0.25) is 0 Å². The molecule has 4 nitrogen and oxygen atoms in total. The third-order valence-corrected chi connectivity index (χ3v) is 3.24. The first kappa shape index (κ1) is 14.2. The van der Waals surface area contributed by atoms with E-state index < -0.39 is 0 Å². The van der Waals surface area contributed by atoms with E-state index in [1.54, 1.807) is 6.33 Å². The fourth-order valence-corrected chi connectivity index (χ4v) is 2.00. The Bertz CT molecular complexity index is 324. The molecule has 0 bridgehead atoms. The molecule has 17 heavy (non-hydrogen) atoms. The minimum absolute atomic E-state index is 0.284. The fraction of sp³-hybridized carbons (Fsp3) is 0.846. The van der Waals surface area contributed by atoms with Crippen LogP contribution in [0.4, 0.5) is 0 Å². The van der Waals surface area contributed by atoms with Gasteiger partial charge in [-0.1, -0.05) is 27.7 Å². The summed E-state index contributed by atoms with van der Waals surface area (Å²) in [5.41, 5.74) is 0.284. The molecule has 98 valence electrons. The fourth-order valence-electron chi connectivity index (χ4n) is 2.00. The van der Waals surface area contributed by atoms with E-state index in [4.69, 9.17) is 0 Å². The van der Waals surface area contributed by atoms with Gasteiger partial charge in [0.05, 0.1) is 0 Å². The average Bonchev–Trinajstić information content (AvgIpc) is 2.64. The monoisotopic (exact) mass is 238 g/mol. The zero-order chi connectivity index (χ0) is 12.9. The highest BCUT2D eigenvalue weighted by molar-refractivity contribution is 4.91. The van der Waals surface area contributed by atoms with Crippen LogP contribution in [0.3, 0.4) is 0 Å². The highest BCUT2D eigenvalue weighted by Crippen LogP contribution is 2.28. The number of aromatic nitrogens is 3. The van der Waals surface area contributed by atoms with E-state index in [1.165, 1.54) is 0 Å². The predicted octanol–water partition coefficient (Wildman–Crippen LogP) is 2.11. The predicted molar refractivity (Wildman–Crippen MR) is 70.9 cm³/mol. The Morgan fingerprint density at radius 1 is 1.41 bits per heavy atom. The summed E-state index contributed by atoms with van der Waals surface area (Å²) in [4.78, 5) is 4.39. The lowest BCUT2D eigenvalue weighted by atomic mass is 9.78. The van der Waals surface area contributed by atoms with Crippen LogP contribution < -0.4 is 5.32 Å². The van der Waals surface area contributed by atoms with Crippen molar-refractivity contribution in [3.8, 4) is 0 Å². The third-order valence-electron chi connectivity index (χ3n) is 3.24. The Kier molecular flexibility index (Phi) is 5.12. The minimum atomic E-state index is 0.284. The van der Waals surface area contributed by atoms with E-state index in [0.717, 1.165) is 31.8 Å². The van der Waals surface area contributed by atoms with Gasteiger partial charge < -0.3 is 5.32 Å². The van der Waals surface area contributed by atoms with Crippen LogP contribution in [0.15, 0.2) is 6.33 Å². The summed E-state index contributed by atoms with van der Waals surface area (Å²) in [5, 5.41) is 7.57. The zero-order valence-corrected chi connectivity index (χ0v) is 11.8. The lowest BCUT2D eigenvalue weighted by molar-refractivity contribution is 0.229. The van der Waals surface area contributed by atoms with Crippen molar-refractivity contribution >= 4 is 0 Å². The lowest BCUT2D eigenvalue weighted by Gasteiger charge is -2.30. The van der Waals surface area contributed by atoms with E-state index in [9.17, 15) is 0 Å². The summed E-state index contributed by atoms with van der Waals surface area (Å²) in [6.45, 7) is 11.0. The summed E-state index contributed by atoms with van der Waals surface area (Å²) in [7, 11) is 2.01. The van der Waals surface area contributed by atoms with Crippen molar-refractivity contribution in [2.45, 2.75) is 47.1 Å². The molecular weight excluding hydrogens is 212 g/mol. The molecule has 1 heterocycles. The van der Waals surface area contributed by atoms with Gasteiger partial charge >= 0.3 is 0 Å². The van der Waals surface area contributed by atoms with E-state index in [1.807, 2.05) is 11.7 Å². The number of nitrogens with one attached hydrogen (secondary N) is 1. The topological polar surface area (TPSA) is 42.7 Å². The molecule has 0 aromatic carbocycles. The van der Waals surface area contributed by atoms with Crippen LogP contribution in [-0.4, -0.2) is 28.4 Å². The van der Waals surface area contributed by atoms with Gasteiger partial charge in [0.1, 0.15) is 12.2 Å². The highest BCUT2D eigenvalue weighted by atomic mass is 15.3. The number of aryl methyl sites for hydroxylation is 1. The molecule has 1 aromatic rings. The van der Waals surface area contributed by atoms with Crippen LogP contribution in [0.1, 0.15) is 39.9 Å². The van der Waals surface area contributed by atoms with E-state index in [2.05, 4.69) is 43.1 Å². The molecule has 0 spiro atoms. The molecule has 4 heteroatoms. The summed E-state index contributed by atoms with van der Waals surface area (Å²) in [5.74, 6) is 1.69. The van der Waals surface area contributed by atoms with Crippen molar-refractivity contribution in [1.29, 1.82) is 0 Å². The van der Waals surface area contributed by atoms with E-state index in [0.29, 0.717) is 5.92 Å².